The predicted molar refractivity (Wildman–Crippen MR) is 244 cm³/mol. The molecule has 0 unspecified atom stereocenters. The number of benzene rings is 9. The number of aromatic nitrogens is 3. The van der Waals surface area contributed by atoms with Gasteiger partial charge < -0.3 is 9.30 Å². The second-order valence-corrected chi connectivity index (χ2v) is 15.5. The summed E-state index contributed by atoms with van der Waals surface area (Å²) >= 11 is 0. The lowest BCUT2D eigenvalue weighted by Gasteiger charge is -2.22. The van der Waals surface area contributed by atoms with Crippen molar-refractivity contribution in [3.05, 3.63) is 200 Å². The van der Waals surface area contributed by atoms with Crippen molar-refractivity contribution in [2.24, 2.45) is 0 Å². The number of ether oxygens (including phenoxy) is 1. The molecule has 0 N–H and O–H groups in total. The van der Waals surface area contributed by atoms with Crippen molar-refractivity contribution in [2.75, 3.05) is 0 Å². The van der Waals surface area contributed by atoms with Crippen molar-refractivity contribution in [1.82, 2.24) is 14.1 Å². The minimum absolute atomic E-state index is 0.890. The molecule has 0 amide bonds. The number of para-hydroxylation sites is 4. The molecule has 0 radical (unpaired) electrons. The van der Waals surface area contributed by atoms with Gasteiger partial charge in [0.2, 0.25) is 0 Å². The van der Waals surface area contributed by atoms with E-state index in [4.69, 9.17) is 9.72 Å². The molecule has 9 aromatic carbocycles. The number of pyridine rings is 1. The molecule has 3 aromatic heterocycles. The van der Waals surface area contributed by atoms with E-state index in [0.29, 0.717) is 0 Å². The SMILES string of the molecule is c1ccc(-c2cc(-n3c4ccccc4c4cc(-c5ccc6c(c5)c5c7cccc8c7c(cc5n6-c5ccccc5)-c5ccccc5O8)ccc43)nc3ccccc23)cc1. The van der Waals surface area contributed by atoms with Crippen LogP contribution in [0, 0.1) is 0 Å². The van der Waals surface area contributed by atoms with Crippen molar-refractivity contribution in [3.8, 4) is 56.4 Å². The van der Waals surface area contributed by atoms with Gasteiger partial charge in [-0.25, -0.2) is 4.98 Å². The monoisotopic (exact) mass is 751 g/mol. The highest BCUT2D eigenvalue weighted by Crippen LogP contribution is 2.51. The fourth-order valence-electron chi connectivity index (χ4n) is 9.72. The van der Waals surface area contributed by atoms with E-state index in [2.05, 4.69) is 203 Å². The lowest BCUT2D eigenvalue weighted by molar-refractivity contribution is 0.487. The highest BCUT2D eigenvalue weighted by molar-refractivity contribution is 6.26. The molecule has 4 heterocycles. The summed E-state index contributed by atoms with van der Waals surface area (Å²) in [7, 11) is 0. The minimum atomic E-state index is 0.890. The first-order valence-electron chi connectivity index (χ1n) is 20.1. The highest BCUT2D eigenvalue weighted by atomic mass is 16.5. The summed E-state index contributed by atoms with van der Waals surface area (Å²) in [5.41, 5.74) is 13.7. The minimum Gasteiger partial charge on any atom is -0.456 e. The lowest BCUT2D eigenvalue weighted by Crippen LogP contribution is -1.99. The zero-order valence-corrected chi connectivity index (χ0v) is 31.8. The summed E-state index contributed by atoms with van der Waals surface area (Å²) in [6, 6.07) is 71.9. The van der Waals surface area contributed by atoms with Gasteiger partial charge in [-0.1, -0.05) is 127 Å². The maximum atomic E-state index is 6.54. The number of hydrogen-bond donors (Lipinski definition) is 0. The summed E-state index contributed by atoms with van der Waals surface area (Å²) < 4.78 is 11.3. The fraction of sp³-hybridized carbons (Fsp3) is 0. The standard InChI is InChI=1S/C55H33N3O/c1-3-14-34(15-4-1)42-33-53(56-46-22-10-7-18-38(42)46)58-47-23-11-8-19-39(47)43-30-35(26-28-48(43)58)36-27-29-49-45(31-36)54-41-21-13-25-52-55(41)44(40-20-9-12-24-51(40)59-52)32-50(54)57(49)37-16-5-2-6-17-37/h1-33H. The van der Waals surface area contributed by atoms with E-state index in [0.717, 1.165) is 55.9 Å². The fourth-order valence-corrected chi connectivity index (χ4v) is 9.72. The first-order valence-corrected chi connectivity index (χ1v) is 20.1. The van der Waals surface area contributed by atoms with Crippen molar-refractivity contribution in [1.29, 1.82) is 0 Å². The van der Waals surface area contributed by atoms with Crippen molar-refractivity contribution < 1.29 is 4.74 Å². The second-order valence-electron chi connectivity index (χ2n) is 15.5. The Bertz CT molecular complexity index is 3690. The molecule has 0 atom stereocenters. The van der Waals surface area contributed by atoms with Crippen LogP contribution < -0.4 is 4.74 Å². The summed E-state index contributed by atoms with van der Waals surface area (Å²) in [5, 5.41) is 8.32. The van der Waals surface area contributed by atoms with Crippen LogP contribution in [0.15, 0.2) is 200 Å². The third-order valence-electron chi connectivity index (χ3n) is 12.3. The Morgan fingerprint density at radius 3 is 1.83 bits per heavy atom. The zero-order valence-electron chi connectivity index (χ0n) is 31.8. The molecule has 1 aliphatic heterocycles. The molecular formula is C55H33N3O. The van der Waals surface area contributed by atoms with Gasteiger partial charge in [-0.05, 0) is 106 Å². The Balaban J connectivity index is 1.05. The molecule has 0 saturated heterocycles. The molecule has 13 rings (SSSR count). The summed E-state index contributed by atoms with van der Waals surface area (Å²) in [5.74, 6) is 2.69. The quantitative estimate of drug-likeness (QED) is 0.179. The van der Waals surface area contributed by atoms with Gasteiger partial charge >= 0.3 is 0 Å². The van der Waals surface area contributed by atoms with E-state index < -0.39 is 0 Å². The van der Waals surface area contributed by atoms with E-state index >= 15 is 0 Å². The van der Waals surface area contributed by atoms with E-state index in [-0.39, 0.29) is 0 Å². The molecule has 0 spiro atoms. The van der Waals surface area contributed by atoms with Crippen LogP contribution in [0.5, 0.6) is 11.5 Å². The molecule has 1 aliphatic rings. The number of nitrogens with zero attached hydrogens (tertiary/aromatic N) is 3. The molecule has 274 valence electrons. The smallest absolute Gasteiger partial charge is 0.138 e. The van der Waals surface area contributed by atoms with Gasteiger partial charge in [0, 0.05) is 43.6 Å². The van der Waals surface area contributed by atoms with E-state index in [1.165, 1.54) is 65.8 Å². The van der Waals surface area contributed by atoms with Crippen LogP contribution >= 0.6 is 0 Å². The third-order valence-corrected chi connectivity index (χ3v) is 12.3. The topological polar surface area (TPSA) is 32.0 Å². The Labute approximate surface area is 339 Å². The van der Waals surface area contributed by atoms with Gasteiger partial charge in [-0.2, -0.15) is 0 Å². The van der Waals surface area contributed by atoms with Crippen LogP contribution in [-0.4, -0.2) is 14.1 Å². The van der Waals surface area contributed by atoms with Crippen LogP contribution in [-0.2, 0) is 0 Å². The van der Waals surface area contributed by atoms with Crippen LogP contribution in [0.3, 0.4) is 0 Å². The van der Waals surface area contributed by atoms with Gasteiger partial charge in [0.05, 0.1) is 27.6 Å². The second kappa shape index (κ2) is 12.3. The molecule has 59 heavy (non-hydrogen) atoms. The molecule has 0 bridgehead atoms. The van der Waals surface area contributed by atoms with E-state index in [1.54, 1.807) is 0 Å². The number of rotatable bonds is 4. The lowest BCUT2D eigenvalue weighted by atomic mass is 9.91. The largest absolute Gasteiger partial charge is 0.456 e. The van der Waals surface area contributed by atoms with Crippen molar-refractivity contribution in [2.45, 2.75) is 0 Å². The molecule has 4 nitrogen and oxygen atoms in total. The molecular weight excluding hydrogens is 719 g/mol. The van der Waals surface area contributed by atoms with Gasteiger partial charge in [-0.3, -0.25) is 4.57 Å². The highest BCUT2D eigenvalue weighted by Gasteiger charge is 2.25. The summed E-state index contributed by atoms with van der Waals surface area (Å²) in [6.45, 7) is 0. The third kappa shape index (κ3) is 4.69. The van der Waals surface area contributed by atoms with Gasteiger partial charge in [0.1, 0.15) is 17.3 Å². The van der Waals surface area contributed by atoms with E-state index in [9.17, 15) is 0 Å². The normalized spacial score (nSPS) is 12.2. The van der Waals surface area contributed by atoms with Gasteiger partial charge in [0.15, 0.2) is 0 Å². The molecule has 0 fully saturated rings. The Morgan fingerprint density at radius 1 is 0.339 bits per heavy atom. The summed E-state index contributed by atoms with van der Waals surface area (Å²) in [6.07, 6.45) is 0. The Hall–Kier alpha value is -7.95. The van der Waals surface area contributed by atoms with Gasteiger partial charge in [-0.15, -0.1) is 0 Å². The predicted octanol–water partition coefficient (Wildman–Crippen LogP) is 14.7. The zero-order chi connectivity index (χ0) is 38.6. The van der Waals surface area contributed by atoms with Crippen LogP contribution in [0.4, 0.5) is 0 Å². The maximum absolute atomic E-state index is 6.54. The number of fused-ring (bicyclic) bond motifs is 10. The molecule has 12 aromatic rings. The van der Waals surface area contributed by atoms with Crippen molar-refractivity contribution >= 4 is 65.3 Å². The Morgan fingerprint density at radius 2 is 0.983 bits per heavy atom. The van der Waals surface area contributed by atoms with Crippen LogP contribution in [0.1, 0.15) is 0 Å². The number of hydrogen-bond acceptors (Lipinski definition) is 2. The first-order chi connectivity index (χ1) is 29.3. The van der Waals surface area contributed by atoms with E-state index in [1.807, 2.05) is 6.07 Å². The van der Waals surface area contributed by atoms with Gasteiger partial charge in [0.25, 0.3) is 0 Å². The average molecular weight is 752 g/mol. The van der Waals surface area contributed by atoms with Crippen LogP contribution in [0.2, 0.25) is 0 Å². The Kier molecular flexibility index (Phi) is 6.69. The first kappa shape index (κ1) is 32.2. The average Bonchev–Trinajstić information content (AvgIpc) is 3.81. The molecule has 4 heteroatoms. The molecule has 0 saturated carbocycles. The molecule has 0 aliphatic carbocycles. The van der Waals surface area contributed by atoms with Crippen LogP contribution in [0.25, 0.3) is 110 Å². The summed E-state index contributed by atoms with van der Waals surface area (Å²) in [4.78, 5) is 5.29. The maximum Gasteiger partial charge on any atom is 0.138 e. The van der Waals surface area contributed by atoms with Crippen molar-refractivity contribution in [3.63, 3.8) is 0 Å².